The number of nitrogens with one attached hydrogen (secondary N) is 2. The van der Waals surface area contributed by atoms with Crippen LogP contribution in [0.4, 0.5) is 5.95 Å². The normalized spacial score (nSPS) is 37.3. The van der Waals surface area contributed by atoms with Gasteiger partial charge in [-0.25, -0.2) is 18.4 Å². The second-order valence-electron chi connectivity index (χ2n) is 11.6. The van der Waals surface area contributed by atoms with E-state index in [1.165, 1.54) is 6.26 Å². The number of amides is 1. The van der Waals surface area contributed by atoms with Crippen molar-refractivity contribution in [1.82, 2.24) is 15.3 Å². The third-order valence-electron chi connectivity index (χ3n) is 9.37. The minimum Gasteiger partial charge on any atom is -0.379 e. The third kappa shape index (κ3) is 3.92. The third-order valence-corrected chi connectivity index (χ3v) is 11.4. The molecule has 9 heteroatoms. The van der Waals surface area contributed by atoms with Crippen molar-refractivity contribution in [2.24, 2.45) is 17.8 Å². The van der Waals surface area contributed by atoms with E-state index >= 15 is 0 Å². The molecule has 7 rings (SSSR count). The molecule has 5 saturated carbocycles. The van der Waals surface area contributed by atoms with Crippen LogP contribution in [0.2, 0.25) is 0 Å². The van der Waals surface area contributed by atoms with Gasteiger partial charge in [-0.2, -0.15) is 0 Å². The van der Waals surface area contributed by atoms with Crippen LogP contribution >= 0.6 is 0 Å². The smallest absolute Gasteiger partial charge is 0.254 e. The molecule has 1 aliphatic heterocycles. The average Bonchev–Trinajstić information content (AvgIpc) is 3.49. The van der Waals surface area contributed by atoms with Gasteiger partial charge in [-0.1, -0.05) is 12.8 Å². The zero-order valence-electron chi connectivity index (χ0n) is 20.0. The maximum absolute atomic E-state index is 13.6. The number of carbonyl (C=O) groups excluding carboxylic acids is 1. The molecule has 5 aliphatic carbocycles. The van der Waals surface area contributed by atoms with Crippen LogP contribution in [0.25, 0.3) is 0 Å². The summed E-state index contributed by atoms with van der Waals surface area (Å²) in [5.74, 6) is 1.73. The van der Waals surface area contributed by atoms with E-state index in [4.69, 9.17) is 9.72 Å². The Hall–Kier alpha value is -1.74. The van der Waals surface area contributed by atoms with Crippen LogP contribution in [0.1, 0.15) is 86.2 Å². The lowest BCUT2D eigenvalue weighted by Gasteiger charge is -2.59. The minimum absolute atomic E-state index is 0.0452. The van der Waals surface area contributed by atoms with Gasteiger partial charge in [-0.3, -0.25) is 4.79 Å². The first-order valence-electron chi connectivity index (χ1n) is 13.0. The van der Waals surface area contributed by atoms with Crippen molar-refractivity contribution in [3.05, 3.63) is 17.5 Å². The van der Waals surface area contributed by atoms with Crippen molar-refractivity contribution in [3.8, 4) is 0 Å². The number of aromatic nitrogens is 2. The highest BCUT2D eigenvalue weighted by Gasteiger charge is 2.59. The fraction of sp³-hybridized carbons (Fsp3) is 0.800. The predicted octanol–water partition coefficient (Wildman–Crippen LogP) is 3.06. The number of hydrogen-bond acceptors (Lipinski definition) is 7. The Bertz CT molecular complexity index is 1050. The SMILES string of the molecule is CS(=O)(=O)[C@]12CC3CC(C1)[C@H](NC(=O)c1cnc(N[C@H]4CCOC4)nc1C1CCCC1)C(C3)C2. The Morgan fingerprint density at radius 2 is 1.85 bits per heavy atom. The van der Waals surface area contributed by atoms with Crippen molar-refractivity contribution in [1.29, 1.82) is 0 Å². The van der Waals surface area contributed by atoms with Crippen molar-refractivity contribution in [2.75, 3.05) is 24.8 Å². The molecule has 6 aliphatic rings. The molecule has 2 heterocycles. The molecular weight excluding hydrogens is 452 g/mol. The number of nitrogens with zero attached hydrogens (tertiary/aromatic N) is 2. The second-order valence-corrected chi connectivity index (χ2v) is 14.0. The fourth-order valence-corrected chi connectivity index (χ4v) is 9.42. The van der Waals surface area contributed by atoms with Crippen LogP contribution in [-0.2, 0) is 14.6 Å². The van der Waals surface area contributed by atoms with E-state index in [2.05, 4.69) is 15.6 Å². The maximum atomic E-state index is 13.6. The van der Waals surface area contributed by atoms with E-state index in [0.717, 1.165) is 63.7 Å². The van der Waals surface area contributed by atoms with Crippen LogP contribution in [0.5, 0.6) is 0 Å². The number of sulfone groups is 1. The maximum Gasteiger partial charge on any atom is 0.254 e. The highest BCUT2D eigenvalue weighted by atomic mass is 32.2. The molecule has 0 spiro atoms. The van der Waals surface area contributed by atoms with Crippen molar-refractivity contribution in [2.45, 2.75) is 87.0 Å². The summed E-state index contributed by atoms with van der Waals surface area (Å²) in [6, 6.07) is 0.259. The van der Waals surface area contributed by atoms with Gasteiger partial charge in [-0.05, 0) is 69.1 Å². The van der Waals surface area contributed by atoms with Gasteiger partial charge < -0.3 is 15.4 Å². The van der Waals surface area contributed by atoms with Gasteiger partial charge in [0.25, 0.3) is 5.91 Å². The van der Waals surface area contributed by atoms with Gasteiger partial charge in [0.05, 0.1) is 28.7 Å². The van der Waals surface area contributed by atoms with E-state index < -0.39 is 14.6 Å². The summed E-state index contributed by atoms with van der Waals surface area (Å²) >= 11 is 0. The molecule has 34 heavy (non-hydrogen) atoms. The summed E-state index contributed by atoms with van der Waals surface area (Å²) in [5.41, 5.74) is 1.45. The Morgan fingerprint density at radius 1 is 1.12 bits per heavy atom. The van der Waals surface area contributed by atoms with Crippen LogP contribution in [-0.4, -0.2) is 60.6 Å². The molecule has 6 fully saturated rings. The topological polar surface area (TPSA) is 110 Å². The lowest BCUT2D eigenvalue weighted by atomic mass is 9.53. The van der Waals surface area contributed by atoms with Gasteiger partial charge in [-0.15, -0.1) is 0 Å². The van der Waals surface area contributed by atoms with Gasteiger partial charge >= 0.3 is 0 Å². The van der Waals surface area contributed by atoms with Crippen molar-refractivity contribution in [3.63, 3.8) is 0 Å². The number of hydrogen-bond donors (Lipinski definition) is 2. The van der Waals surface area contributed by atoms with E-state index in [0.29, 0.717) is 36.9 Å². The Kier molecular flexibility index (Phi) is 5.63. The van der Waals surface area contributed by atoms with E-state index in [9.17, 15) is 13.2 Å². The predicted molar refractivity (Wildman–Crippen MR) is 128 cm³/mol. The summed E-state index contributed by atoms with van der Waals surface area (Å²) in [7, 11) is -3.11. The Labute approximate surface area is 202 Å². The quantitative estimate of drug-likeness (QED) is 0.633. The van der Waals surface area contributed by atoms with E-state index in [1.54, 1.807) is 6.20 Å². The zero-order valence-corrected chi connectivity index (χ0v) is 20.8. The van der Waals surface area contributed by atoms with Gasteiger partial charge in [0.2, 0.25) is 5.95 Å². The van der Waals surface area contributed by atoms with Crippen molar-refractivity contribution < 1.29 is 17.9 Å². The molecule has 2 N–H and O–H groups in total. The molecule has 1 aromatic rings. The molecular formula is C25H36N4O4S. The molecule has 1 aromatic heterocycles. The summed E-state index contributed by atoms with van der Waals surface area (Å²) in [4.78, 5) is 23.0. The summed E-state index contributed by atoms with van der Waals surface area (Å²) in [6.07, 6.45) is 12.7. The summed E-state index contributed by atoms with van der Waals surface area (Å²) in [5, 5.41) is 6.73. The highest BCUT2D eigenvalue weighted by molar-refractivity contribution is 7.92. The van der Waals surface area contributed by atoms with Crippen LogP contribution in [0.15, 0.2) is 6.20 Å². The molecule has 3 atom stereocenters. The number of rotatable bonds is 6. The zero-order chi connectivity index (χ0) is 23.5. The van der Waals surface area contributed by atoms with Crippen LogP contribution in [0, 0.1) is 17.8 Å². The molecule has 1 saturated heterocycles. The number of carbonyl (C=O) groups is 1. The molecule has 0 radical (unpaired) electrons. The monoisotopic (exact) mass is 488 g/mol. The standard InChI is InChI=1S/C25H36N4O4S/c1-34(31,32)25-10-15-8-17(11-25)21(18(9-15)12-25)28-23(30)20-13-26-24(27-19-6-7-33-14-19)29-22(20)16-4-2-3-5-16/h13,15-19,21H,2-12,14H2,1H3,(H,28,30)(H,26,27,29)/t15?,17?,18?,19-,21-,25+/m0/s1. The first-order valence-corrected chi connectivity index (χ1v) is 14.9. The van der Waals surface area contributed by atoms with Crippen LogP contribution in [0.3, 0.4) is 0 Å². The molecule has 2 unspecified atom stereocenters. The first kappa shape index (κ1) is 22.7. The molecule has 0 aromatic carbocycles. The number of anilines is 1. The van der Waals surface area contributed by atoms with Crippen molar-refractivity contribution >= 4 is 21.7 Å². The largest absolute Gasteiger partial charge is 0.379 e. The van der Waals surface area contributed by atoms with Gasteiger partial charge in [0.15, 0.2) is 9.84 Å². The Morgan fingerprint density at radius 3 is 2.50 bits per heavy atom. The molecule has 186 valence electrons. The molecule has 8 nitrogen and oxygen atoms in total. The molecule has 4 bridgehead atoms. The highest BCUT2D eigenvalue weighted by Crippen LogP contribution is 2.58. The summed E-state index contributed by atoms with van der Waals surface area (Å²) in [6.45, 7) is 1.41. The van der Waals surface area contributed by atoms with Crippen LogP contribution < -0.4 is 10.6 Å². The number of ether oxygens (including phenoxy) is 1. The lowest BCUT2D eigenvalue weighted by Crippen LogP contribution is -2.63. The lowest BCUT2D eigenvalue weighted by molar-refractivity contribution is 0.000240. The molecule has 1 amide bonds. The summed E-state index contributed by atoms with van der Waals surface area (Å²) < 4.78 is 30.2. The Balaban J connectivity index is 1.23. The fourth-order valence-electron chi connectivity index (χ4n) is 7.85. The average molecular weight is 489 g/mol. The van der Waals surface area contributed by atoms with E-state index in [-0.39, 0.29) is 35.7 Å². The van der Waals surface area contributed by atoms with Gasteiger partial charge in [0.1, 0.15) is 0 Å². The van der Waals surface area contributed by atoms with Gasteiger partial charge in [0, 0.05) is 31.0 Å². The first-order chi connectivity index (χ1) is 16.3. The second kappa shape index (κ2) is 8.43. The minimum atomic E-state index is -3.11. The van der Waals surface area contributed by atoms with E-state index in [1.807, 2.05) is 0 Å².